The molecule has 1 aromatic heterocycles. The number of benzene rings is 2. The molecule has 3 heterocycles. The quantitative estimate of drug-likeness (QED) is 0.621. The van der Waals surface area contributed by atoms with Crippen LogP contribution in [0.25, 0.3) is 10.2 Å². The molecule has 154 valence electrons. The molecule has 0 spiro atoms. The molecular weight excluding hydrogens is 396 g/mol. The smallest absolute Gasteiger partial charge is 0.325 e. The van der Waals surface area contributed by atoms with Crippen LogP contribution in [-0.2, 0) is 11.2 Å². The van der Waals surface area contributed by atoms with E-state index in [4.69, 9.17) is 4.98 Å². The van der Waals surface area contributed by atoms with Gasteiger partial charge < -0.3 is 10.2 Å². The largest absolute Gasteiger partial charge is 0.329 e. The van der Waals surface area contributed by atoms with E-state index in [2.05, 4.69) is 23.5 Å². The van der Waals surface area contributed by atoms with Gasteiger partial charge in [-0.15, -0.1) is 11.3 Å². The molecule has 0 radical (unpaired) electrons. The number of hydrogen-bond donors (Lipinski definition) is 2. The van der Waals surface area contributed by atoms with E-state index in [1.165, 1.54) is 19.5 Å². The van der Waals surface area contributed by atoms with Crippen LogP contribution in [0.4, 0.5) is 4.79 Å². The van der Waals surface area contributed by atoms with Crippen LogP contribution in [-0.4, -0.2) is 47.6 Å². The van der Waals surface area contributed by atoms with Crippen molar-refractivity contribution >= 4 is 33.5 Å². The Hall–Kier alpha value is -2.77. The lowest BCUT2D eigenvalue weighted by Crippen LogP contribution is -3.14. The second-order valence-corrected chi connectivity index (χ2v) is 9.22. The third-order valence-corrected chi connectivity index (χ3v) is 7.32. The normalized spacial score (nSPS) is 24.4. The Bertz CT molecular complexity index is 1030. The number of carbonyl (C=O) groups is 2. The highest BCUT2D eigenvalue weighted by Crippen LogP contribution is 2.31. The summed E-state index contributed by atoms with van der Waals surface area (Å²) >= 11 is 1.79. The molecule has 0 aliphatic carbocycles. The molecule has 2 saturated heterocycles. The van der Waals surface area contributed by atoms with Gasteiger partial charge in [-0.1, -0.05) is 42.5 Å². The van der Waals surface area contributed by atoms with Gasteiger partial charge in [0.25, 0.3) is 5.91 Å². The molecule has 0 unspecified atom stereocenters. The summed E-state index contributed by atoms with van der Waals surface area (Å²) in [5, 5.41) is 4.07. The van der Waals surface area contributed by atoms with Gasteiger partial charge in [0.05, 0.1) is 28.3 Å². The number of fused-ring (bicyclic) bond motifs is 1. The number of aromatic nitrogens is 1. The minimum Gasteiger partial charge on any atom is -0.325 e. The van der Waals surface area contributed by atoms with Gasteiger partial charge in [-0.25, -0.2) is 14.7 Å². The maximum atomic E-state index is 12.8. The summed E-state index contributed by atoms with van der Waals surface area (Å²) in [6, 6.07) is 17.4. The standard InChI is InChI=1S/C23H24N4O2S/c28-22-19(14-16-6-2-1-3-7-16)25-23(29)27(22)15-26-12-10-17(11-13-26)21-24-18-8-4-5-9-20(18)30-21/h1-9,17,19H,10-15H2,(H,25,29)/p+1/t19-/m0/s1. The van der Waals surface area contributed by atoms with Gasteiger partial charge in [0.2, 0.25) is 0 Å². The molecule has 2 N–H and O–H groups in total. The minimum atomic E-state index is -0.459. The number of amides is 3. The minimum absolute atomic E-state index is 0.107. The molecule has 1 atom stereocenters. The first-order valence-electron chi connectivity index (χ1n) is 10.5. The van der Waals surface area contributed by atoms with Crippen molar-refractivity contribution in [2.45, 2.75) is 31.2 Å². The molecule has 30 heavy (non-hydrogen) atoms. The molecule has 2 aliphatic rings. The van der Waals surface area contributed by atoms with E-state index >= 15 is 0 Å². The van der Waals surface area contributed by atoms with Crippen molar-refractivity contribution in [2.75, 3.05) is 19.8 Å². The number of quaternary nitrogens is 1. The second kappa shape index (κ2) is 8.16. The van der Waals surface area contributed by atoms with E-state index in [9.17, 15) is 9.59 Å². The Morgan fingerprint density at radius 2 is 1.77 bits per heavy atom. The monoisotopic (exact) mass is 421 g/mol. The van der Waals surface area contributed by atoms with E-state index in [0.717, 1.165) is 37.0 Å². The van der Waals surface area contributed by atoms with Crippen molar-refractivity contribution < 1.29 is 14.5 Å². The van der Waals surface area contributed by atoms with Crippen LogP contribution in [0.2, 0.25) is 0 Å². The fraction of sp³-hybridized carbons (Fsp3) is 0.348. The number of nitrogens with zero attached hydrogens (tertiary/aromatic N) is 2. The SMILES string of the molecule is O=C1N[C@@H](Cc2ccccc2)C(=O)N1C[NH+]1CCC(c2nc3ccccc3s2)CC1. The molecule has 0 saturated carbocycles. The summed E-state index contributed by atoms with van der Waals surface area (Å²) in [6.45, 7) is 2.34. The average Bonchev–Trinajstić information content (AvgIpc) is 3.32. The van der Waals surface area contributed by atoms with Crippen LogP contribution in [0.1, 0.15) is 29.3 Å². The average molecular weight is 422 g/mol. The molecule has 3 aromatic rings. The summed E-state index contributed by atoms with van der Waals surface area (Å²) in [5.74, 6) is 0.365. The van der Waals surface area contributed by atoms with Crippen LogP contribution < -0.4 is 10.2 Å². The Kier molecular flexibility index (Phi) is 5.23. The molecule has 6 nitrogen and oxygen atoms in total. The van der Waals surface area contributed by atoms with Gasteiger partial charge in [-0.3, -0.25) is 4.79 Å². The maximum absolute atomic E-state index is 12.8. The molecule has 2 fully saturated rings. The number of para-hydroxylation sites is 1. The van der Waals surface area contributed by atoms with Crippen LogP contribution in [0.15, 0.2) is 54.6 Å². The van der Waals surface area contributed by atoms with Crippen LogP contribution in [0, 0.1) is 0 Å². The first kappa shape index (κ1) is 19.2. The number of nitrogens with one attached hydrogen (secondary N) is 2. The van der Waals surface area contributed by atoms with E-state index in [1.54, 1.807) is 11.3 Å². The molecule has 5 rings (SSSR count). The zero-order valence-electron chi connectivity index (χ0n) is 16.7. The number of thiazole rings is 1. The van der Waals surface area contributed by atoms with Gasteiger partial charge in [0.15, 0.2) is 6.67 Å². The van der Waals surface area contributed by atoms with E-state index in [1.807, 2.05) is 36.4 Å². The van der Waals surface area contributed by atoms with Gasteiger partial charge in [-0.05, 0) is 17.7 Å². The Balaban J connectivity index is 1.18. The first-order chi connectivity index (χ1) is 14.7. The highest BCUT2D eigenvalue weighted by atomic mass is 32.1. The van der Waals surface area contributed by atoms with Crippen LogP contribution in [0.3, 0.4) is 0 Å². The van der Waals surface area contributed by atoms with Gasteiger partial charge >= 0.3 is 6.03 Å². The lowest BCUT2D eigenvalue weighted by molar-refractivity contribution is -0.912. The molecule has 0 bridgehead atoms. The zero-order chi connectivity index (χ0) is 20.5. The number of likely N-dealkylation sites (tertiary alicyclic amines) is 1. The Labute approximate surface area is 179 Å². The lowest BCUT2D eigenvalue weighted by Gasteiger charge is -2.30. The fourth-order valence-corrected chi connectivity index (χ4v) is 5.57. The Morgan fingerprint density at radius 1 is 1.03 bits per heavy atom. The molecular formula is C23H25N4O2S+. The third-order valence-electron chi connectivity index (χ3n) is 6.12. The highest BCUT2D eigenvalue weighted by molar-refractivity contribution is 7.18. The summed E-state index contributed by atoms with van der Waals surface area (Å²) < 4.78 is 1.24. The van der Waals surface area contributed by atoms with Crippen LogP contribution >= 0.6 is 11.3 Å². The number of imide groups is 1. The third kappa shape index (κ3) is 3.82. The van der Waals surface area contributed by atoms with E-state index in [-0.39, 0.29) is 11.9 Å². The maximum Gasteiger partial charge on any atom is 0.329 e. The lowest BCUT2D eigenvalue weighted by atomic mass is 9.98. The molecule has 2 aliphatic heterocycles. The summed E-state index contributed by atoms with van der Waals surface area (Å²) in [4.78, 5) is 32.7. The number of piperidine rings is 1. The Morgan fingerprint density at radius 3 is 2.53 bits per heavy atom. The van der Waals surface area contributed by atoms with Gasteiger partial charge in [-0.2, -0.15) is 0 Å². The molecule has 7 heteroatoms. The number of carbonyl (C=O) groups excluding carboxylic acids is 2. The molecule has 3 amide bonds. The summed E-state index contributed by atoms with van der Waals surface area (Å²) in [5.41, 5.74) is 2.14. The second-order valence-electron chi connectivity index (χ2n) is 8.16. The summed E-state index contributed by atoms with van der Waals surface area (Å²) in [7, 11) is 0. The van der Waals surface area contributed by atoms with Crippen molar-refractivity contribution in [1.82, 2.24) is 15.2 Å². The van der Waals surface area contributed by atoms with Crippen LogP contribution in [0.5, 0.6) is 0 Å². The molecule has 2 aromatic carbocycles. The van der Waals surface area contributed by atoms with Crippen molar-refractivity contribution in [2.24, 2.45) is 0 Å². The number of urea groups is 1. The zero-order valence-corrected chi connectivity index (χ0v) is 17.5. The van der Waals surface area contributed by atoms with Crippen molar-refractivity contribution in [3.05, 3.63) is 65.2 Å². The number of hydrogen-bond acceptors (Lipinski definition) is 4. The first-order valence-corrected chi connectivity index (χ1v) is 11.3. The van der Waals surface area contributed by atoms with Gasteiger partial charge in [0.1, 0.15) is 6.04 Å². The summed E-state index contributed by atoms with van der Waals surface area (Å²) in [6.07, 6.45) is 2.61. The van der Waals surface area contributed by atoms with Crippen molar-refractivity contribution in [3.8, 4) is 0 Å². The topological polar surface area (TPSA) is 66.7 Å². The predicted molar refractivity (Wildman–Crippen MR) is 116 cm³/mol. The fourth-order valence-electron chi connectivity index (χ4n) is 4.43. The van der Waals surface area contributed by atoms with E-state index in [0.29, 0.717) is 19.0 Å². The predicted octanol–water partition coefficient (Wildman–Crippen LogP) is 2.18. The van der Waals surface area contributed by atoms with Crippen molar-refractivity contribution in [1.29, 1.82) is 0 Å². The van der Waals surface area contributed by atoms with Crippen molar-refractivity contribution in [3.63, 3.8) is 0 Å². The van der Waals surface area contributed by atoms with Gasteiger partial charge in [0, 0.05) is 25.2 Å². The highest BCUT2D eigenvalue weighted by Gasteiger charge is 2.40. The number of rotatable bonds is 5. The van der Waals surface area contributed by atoms with E-state index < -0.39 is 6.04 Å².